The lowest BCUT2D eigenvalue weighted by Gasteiger charge is -2.12. The minimum Gasteiger partial charge on any atom is -0.457 e. The summed E-state index contributed by atoms with van der Waals surface area (Å²) in [4.78, 5) is 51.0. The first-order chi connectivity index (χ1) is 13.0. The molecule has 2 amide bonds. The zero-order valence-electron chi connectivity index (χ0n) is 14.1. The minimum absolute atomic E-state index is 0.00803. The van der Waals surface area contributed by atoms with Crippen molar-refractivity contribution < 1.29 is 33.5 Å². The van der Waals surface area contributed by atoms with Gasteiger partial charge in [-0.1, -0.05) is 35.4 Å². The smallest absolute Gasteiger partial charge is 0.457 e. The largest absolute Gasteiger partial charge is 0.539 e. The third-order valence-electron chi connectivity index (χ3n) is 3.68. The predicted molar refractivity (Wildman–Crippen MR) is 90.2 cm³/mol. The first-order valence-electron chi connectivity index (χ1n) is 8.09. The second kappa shape index (κ2) is 8.13. The SMILES string of the molecule is O=C(Oc1ccc(C(=O)OCc2ccccc2)cc1)ON1C(=O)CCC1=O. The Morgan fingerprint density at radius 3 is 2.15 bits per heavy atom. The first kappa shape index (κ1) is 18.1. The summed E-state index contributed by atoms with van der Waals surface area (Å²) in [6.45, 7) is 0.141. The molecule has 8 heteroatoms. The van der Waals surface area contributed by atoms with E-state index in [1.807, 2.05) is 30.3 Å². The van der Waals surface area contributed by atoms with Crippen LogP contribution in [0.2, 0.25) is 0 Å². The van der Waals surface area contributed by atoms with Gasteiger partial charge < -0.3 is 9.47 Å². The van der Waals surface area contributed by atoms with Crippen molar-refractivity contribution >= 4 is 23.9 Å². The van der Waals surface area contributed by atoms with E-state index in [2.05, 4.69) is 4.84 Å². The summed E-state index contributed by atoms with van der Waals surface area (Å²) >= 11 is 0. The standard InChI is InChI=1S/C19H15NO7/c21-16-10-11-17(22)20(16)27-19(24)26-15-8-6-14(7-9-15)18(23)25-12-13-4-2-1-3-5-13/h1-9H,10-12H2. The van der Waals surface area contributed by atoms with Crippen LogP contribution in [-0.4, -0.2) is 29.0 Å². The summed E-state index contributed by atoms with van der Waals surface area (Å²) in [5, 5.41) is 0.387. The van der Waals surface area contributed by atoms with Crippen LogP contribution in [-0.2, 0) is 25.8 Å². The van der Waals surface area contributed by atoms with Crippen LogP contribution in [0.5, 0.6) is 5.75 Å². The molecule has 2 aromatic rings. The average molecular weight is 369 g/mol. The van der Waals surface area contributed by atoms with Gasteiger partial charge in [0, 0.05) is 12.8 Å². The normalized spacial score (nSPS) is 13.4. The Morgan fingerprint density at radius 2 is 1.52 bits per heavy atom. The maximum absolute atomic E-state index is 12.0. The summed E-state index contributed by atoms with van der Waals surface area (Å²) in [6, 6.07) is 14.8. The van der Waals surface area contributed by atoms with Gasteiger partial charge in [-0.3, -0.25) is 14.4 Å². The summed E-state index contributed by atoms with van der Waals surface area (Å²) in [5.41, 5.74) is 1.14. The number of carbonyl (C=O) groups is 4. The molecule has 0 saturated carbocycles. The summed E-state index contributed by atoms with van der Waals surface area (Å²) in [7, 11) is 0. The van der Waals surface area contributed by atoms with Gasteiger partial charge in [-0.25, -0.2) is 9.59 Å². The molecule has 1 heterocycles. The number of hydroxylamine groups is 2. The topological polar surface area (TPSA) is 99.2 Å². The van der Waals surface area contributed by atoms with Gasteiger partial charge in [0.1, 0.15) is 12.4 Å². The fraction of sp³-hybridized carbons (Fsp3) is 0.158. The number of esters is 1. The van der Waals surface area contributed by atoms with Crippen LogP contribution in [0.15, 0.2) is 54.6 Å². The Balaban J connectivity index is 1.52. The molecule has 0 aliphatic carbocycles. The van der Waals surface area contributed by atoms with E-state index in [4.69, 9.17) is 9.47 Å². The van der Waals surface area contributed by atoms with Gasteiger partial charge in [0.05, 0.1) is 5.56 Å². The number of hydrogen-bond donors (Lipinski definition) is 0. The number of amides is 2. The molecule has 0 atom stereocenters. The van der Waals surface area contributed by atoms with Crippen molar-refractivity contribution in [3.8, 4) is 5.75 Å². The maximum Gasteiger partial charge on any atom is 0.539 e. The summed E-state index contributed by atoms with van der Waals surface area (Å²) in [6.07, 6.45) is -1.24. The Morgan fingerprint density at radius 1 is 0.889 bits per heavy atom. The molecule has 1 aliphatic heterocycles. The molecule has 0 unspecified atom stereocenters. The van der Waals surface area contributed by atoms with Gasteiger partial charge in [0.15, 0.2) is 0 Å². The van der Waals surface area contributed by atoms with Gasteiger partial charge >= 0.3 is 12.1 Å². The molecule has 0 aromatic heterocycles. The van der Waals surface area contributed by atoms with Gasteiger partial charge in [-0.2, -0.15) is 0 Å². The molecule has 0 N–H and O–H groups in total. The number of benzene rings is 2. The van der Waals surface area contributed by atoms with E-state index in [1.165, 1.54) is 24.3 Å². The van der Waals surface area contributed by atoms with Crippen LogP contribution < -0.4 is 4.74 Å². The Bertz CT molecular complexity index is 845. The number of carbonyl (C=O) groups excluding carboxylic acids is 4. The van der Waals surface area contributed by atoms with Crippen LogP contribution in [0.25, 0.3) is 0 Å². The second-order valence-electron chi connectivity index (χ2n) is 5.61. The van der Waals surface area contributed by atoms with E-state index in [9.17, 15) is 19.2 Å². The van der Waals surface area contributed by atoms with E-state index in [1.54, 1.807) is 0 Å². The number of rotatable bonds is 5. The van der Waals surface area contributed by atoms with Gasteiger partial charge in [-0.15, -0.1) is 0 Å². The molecule has 0 bridgehead atoms. The lowest BCUT2D eigenvalue weighted by atomic mass is 10.2. The number of ether oxygens (including phenoxy) is 2. The van der Waals surface area contributed by atoms with Crippen LogP contribution >= 0.6 is 0 Å². The molecule has 27 heavy (non-hydrogen) atoms. The van der Waals surface area contributed by atoms with Crippen molar-refractivity contribution in [2.75, 3.05) is 0 Å². The monoisotopic (exact) mass is 369 g/mol. The highest BCUT2D eigenvalue weighted by Gasteiger charge is 2.33. The minimum atomic E-state index is -1.22. The third kappa shape index (κ3) is 4.69. The van der Waals surface area contributed by atoms with E-state index < -0.39 is 23.9 Å². The molecule has 1 saturated heterocycles. The highest BCUT2D eigenvalue weighted by Crippen LogP contribution is 2.17. The van der Waals surface area contributed by atoms with E-state index in [0.717, 1.165) is 5.56 Å². The fourth-order valence-corrected chi connectivity index (χ4v) is 2.31. The molecular formula is C19H15NO7. The van der Waals surface area contributed by atoms with Gasteiger partial charge in [-0.05, 0) is 29.8 Å². The lowest BCUT2D eigenvalue weighted by molar-refractivity contribution is -0.174. The van der Waals surface area contributed by atoms with Crippen molar-refractivity contribution in [2.24, 2.45) is 0 Å². The third-order valence-corrected chi connectivity index (χ3v) is 3.68. The molecule has 8 nitrogen and oxygen atoms in total. The van der Waals surface area contributed by atoms with Crippen molar-refractivity contribution in [1.82, 2.24) is 5.06 Å². The van der Waals surface area contributed by atoms with Crippen LogP contribution in [0.3, 0.4) is 0 Å². The average Bonchev–Trinajstić information content (AvgIpc) is 2.99. The number of nitrogens with zero attached hydrogens (tertiary/aromatic N) is 1. The van der Waals surface area contributed by atoms with Crippen LogP contribution in [0.1, 0.15) is 28.8 Å². The van der Waals surface area contributed by atoms with Gasteiger partial charge in [0.2, 0.25) is 0 Å². The number of hydrogen-bond acceptors (Lipinski definition) is 7. The zero-order chi connectivity index (χ0) is 19.2. The molecule has 3 rings (SSSR count). The predicted octanol–water partition coefficient (Wildman–Crippen LogP) is 2.62. The second-order valence-corrected chi connectivity index (χ2v) is 5.61. The summed E-state index contributed by atoms with van der Waals surface area (Å²) in [5.74, 6) is -1.65. The van der Waals surface area contributed by atoms with E-state index in [-0.39, 0.29) is 30.8 Å². The van der Waals surface area contributed by atoms with Crippen LogP contribution in [0.4, 0.5) is 4.79 Å². The highest BCUT2D eigenvalue weighted by atomic mass is 16.8. The molecule has 1 fully saturated rings. The van der Waals surface area contributed by atoms with Crippen LogP contribution in [0, 0.1) is 0 Å². The molecular weight excluding hydrogens is 354 g/mol. The number of imide groups is 1. The lowest BCUT2D eigenvalue weighted by Crippen LogP contribution is -2.33. The molecule has 1 aliphatic rings. The highest BCUT2D eigenvalue weighted by molar-refractivity contribution is 6.01. The summed E-state index contributed by atoms with van der Waals surface area (Å²) < 4.78 is 10.1. The van der Waals surface area contributed by atoms with Gasteiger partial charge in [0.25, 0.3) is 11.8 Å². The fourth-order valence-electron chi connectivity index (χ4n) is 2.31. The van der Waals surface area contributed by atoms with Crippen molar-refractivity contribution in [3.05, 3.63) is 65.7 Å². The quantitative estimate of drug-likeness (QED) is 0.454. The van der Waals surface area contributed by atoms with Crippen molar-refractivity contribution in [2.45, 2.75) is 19.4 Å². The molecule has 2 aromatic carbocycles. The Kier molecular flexibility index (Phi) is 5.46. The van der Waals surface area contributed by atoms with Crippen molar-refractivity contribution in [1.29, 1.82) is 0 Å². The Labute approximate surface area is 154 Å². The van der Waals surface area contributed by atoms with E-state index in [0.29, 0.717) is 5.06 Å². The first-order valence-corrected chi connectivity index (χ1v) is 8.09. The molecule has 138 valence electrons. The molecule has 0 radical (unpaired) electrons. The molecule has 0 spiro atoms. The zero-order valence-corrected chi connectivity index (χ0v) is 14.1. The Hall–Kier alpha value is -3.68. The maximum atomic E-state index is 12.0. The van der Waals surface area contributed by atoms with E-state index >= 15 is 0 Å². The van der Waals surface area contributed by atoms with Crippen molar-refractivity contribution in [3.63, 3.8) is 0 Å².